The Kier molecular flexibility index (Phi) is 5.93. The zero-order valence-corrected chi connectivity index (χ0v) is 15.1. The van der Waals surface area contributed by atoms with E-state index < -0.39 is 33.7 Å². The fourth-order valence-corrected chi connectivity index (χ4v) is 2.67. The maximum absolute atomic E-state index is 14.0. The normalized spacial score (nSPS) is 13.5. The van der Waals surface area contributed by atoms with Crippen molar-refractivity contribution in [3.05, 3.63) is 64.7 Å². The maximum atomic E-state index is 14.0. The Hall–Kier alpha value is -2.53. The van der Waals surface area contributed by atoms with Gasteiger partial charge in [0.15, 0.2) is 0 Å². The number of rotatable bonds is 4. The number of nitriles is 1. The van der Waals surface area contributed by atoms with Crippen molar-refractivity contribution in [3.8, 4) is 6.07 Å². The molecule has 2 rings (SSSR count). The van der Waals surface area contributed by atoms with Gasteiger partial charge in [0.25, 0.3) is 6.43 Å². The van der Waals surface area contributed by atoms with Crippen molar-refractivity contribution in [2.45, 2.75) is 31.9 Å². The molecule has 1 heterocycles. The predicted molar refractivity (Wildman–Crippen MR) is 93.8 cm³/mol. The van der Waals surface area contributed by atoms with Gasteiger partial charge >= 0.3 is 0 Å². The molecule has 0 saturated heterocycles. The Morgan fingerprint density at radius 1 is 1.31 bits per heavy atom. The predicted octanol–water partition coefficient (Wildman–Crippen LogP) is 4.33. The first-order valence-corrected chi connectivity index (χ1v) is 8.70. The van der Waals surface area contributed by atoms with Crippen molar-refractivity contribution >= 4 is 16.7 Å². The van der Waals surface area contributed by atoms with Gasteiger partial charge in [0, 0.05) is 17.3 Å². The van der Waals surface area contributed by atoms with Crippen LogP contribution in [0.3, 0.4) is 0 Å². The molecular weight excluding hydrogens is 363 g/mol. The molecule has 0 saturated carbocycles. The molecule has 0 radical (unpaired) electrons. The summed E-state index contributed by atoms with van der Waals surface area (Å²) in [5.74, 6) is -0.776. The van der Waals surface area contributed by atoms with Crippen LogP contribution in [-0.4, -0.2) is 19.7 Å². The van der Waals surface area contributed by atoms with E-state index in [4.69, 9.17) is 0 Å². The SMILES string of the molecule is CC(C)(C)S(=O)N=C(c1ccnc(C(F)F)c1)c1cccc(F)c1C#N. The number of halogens is 3. The number of benzene rings is 1. The third-order valence-electron chi connectivity index (χ3n) is 3.36. The Labute approximate surface area is 152 Å². The Balaban J connectivity index is 2.75. The van der Waals surface area contributed by atoms with E-state index in [9.17, 15) is 22.6 Å². The minimum absolute atomic E-state index is 0.00129. The third kappa shape index (κ3) is 4.35. The van der Waals surface area contributed by atoms with Crippen molar-refractivity contribution in [1.82, 2.24) is 4.98 Å². The van der Waals surface area contributed by atoms with E-state index in [1.54, 1.807) is 26.8 Å². The lowest BCUT2D eigenvalue weighted by atomic mass is 9.98. The minimum atomic E-state index is -2.81. The van der Waals surface area contributed by atoms with E-state index in [1.165, 1.54) is 18.2 Å². The van der Waals surface area contributed by atoms with Gasteiger partial charge in [-0.25, -0.2) is 17.4 Å². The molecule has 1 unspecified atom stereocenters. The quantitative estimate of drug-likeness (QED) is 0.743. The molecule has 0 aliphatic rings. The number of nitrogens with zero attached hydrogens (tertiary/aromatic N) is 3. The van der Waals surface area contributed by atoms with Gasteiger partial charge in [-0.05, 0) is 39.0 Å². The van der Waals surface area contributed by atoms with Crippen LogP contribution in [0.5, 0.6) is 0 Å². The molecular formula is C18H16F3N3OS. The lowest BCUT2D eigenvalue weighted by Crippen LogP contribution is -2.22. The van der Waals surface area contributed by atoms with Gasteiger partial charge in [-0.2, -0.15) is 9.66 Å². The monoisotopic (exact) mass is 379 g/mol. The molecule has 0 spiro atoms. The first kappa shape index (κ1) is 19.8. The Morgan fingerprint density at radius 3 is 2.58 bits per heavy atom. The highest BCUT2D eigenvalue weighted by Gasteiger charge is 2.23. The summed E-state index contributed by atoms with van der Waals surface area (Å²) in [4.78, 5) is 3.58. The lowest BCUT2D eigenvalue weighted by molar-refractivity contribution is 0.146. The molecule has 0 N–H and O–H groups in total. The van der Waals surface area contributed by atoms with Gasteiger partial charge in [0.1, 0.15) is 28.6 Å². The zero-order chi connectivity index (χ0) is 19.5. The van der Waals surface area contributed by atoms with Gasteiger partial charge in [0.05, 0.1) is 16.0 Å². The van der Waals surface area contributed by atoms with E-state index >= 15 is 0 Å². The molecule has 0 aliphatic heterocycles. The summed E-state index contributed by atoms with van der Waals surface area (Å²) in [7, 11) is -1.75. The fraction of sp³-hybridized carbons (Fsp3) is 0.278. The first-order chi connectivity index (χ1) is 12.1. The van der Waals surface area contributed by atoms with Crippen molar-refractivity contribution < 1.29 is 17.4 Å². The topological polar surface area (TPSA) is 66.1 Å². The molecule has 26 heavy (non-hydrogen) atoms. The molecule has 2 aromatic rings. The van der Waals surface area contributed by atoms with Crippen LogP contribution in [0.2, 0.25) is 0 Å². The van der Waals surface area contributed by atoms with E-state index in [2.05, 4.69) is 9.38 Å². The van der Waals surface area contributed by atoms with E-state index in [1.807, 2.05) is 0 Å². The number of aromatic nitrogens is 1. The fourth-order valence-electron chi connectivity index (χ4n) is 2.03. The number of hydrogen-bond acceptors (Lipinski definition) is 3. The molecule has 4 nitrogen and oxygen atoms in total. The van der Waals surface area contributed by atoms with Crippen LogP contribution >= 0.6 is 0 Å². The Morgan fingerprint density at radius 2 is 2.00 bits per heavy atom. The lowest BCUT2D eigenvalue weighted by Gasteiger charge is -2.16. The van der Waals surface area contributed by atoms with Crippen LogP contribution in [0, 0.1) is 17.1 Å². The zero-order valence-electron chi connectivity index (χ0n) is 14.3. The van der Waals surface area contributed by atoms with Crippen molar-refractivity contribution in [3.63, 3.8) is 0 Å². The molecule has 0 amide bonds. The summed E-state index contributed by atoms with van der Waals surface area (Å²) in [6.07, 6.45) is -1.65. The van der Waals surface area contributed by atoms with Gasteiger partial charge in [-0.15, -0.1) is 0 Å². The van der Waals surface area contributed by atoms with Gasteiger partial charge in [-0.1, -0.05) is 12.1 Å². The molecule has 1 atom stereocenters. The standard InChI is InChI=1S/C18H16F3N3OS/c1-18(2,3)26(25)24-16(11-7-8-23-15(9-11)17(20)21)12-5-4-6-14(19)13(12)10-22/h4-9,17H,1-3H3. The van der Waals surface area contributed by atoms with Gasteiger partial charge < -0.3 is 0 Å². The second kappa shape index (κ2) is 7.79. The largest absolute Gasteiger partial charge is 0.280 e. The minimum Gasteiger partial charge on any atom is -0.255 e. The summed E-state index contributed by atoms with van der Waals surface area (Å²) in [6.45, 7) is 5.08. The molecule has 0 aliphatic carbocycles. The van der Waals surface area contributed by atoms with Crippen LogP contribution < -0.4 is 0 Å². The number of pyridine rings is 1. The smallest absolute Gasteiger partial charge is 0.255 e. The summed E-state index contributed by atoms with van der Waals surface area (Å²) >= 11 is 0. The molecule has 8 heteroatoms. The van der Waals surface area contributed by atoms with Crippen LogP contribution in [0.1, 0.15) is 49.6 Å². The van der Waals surface area contributed by atoms with Crippen LogP contribution in [0.4, 0.5) is 13.2 Å². The summed E-state index contributed by atoms with van der Waals surface area (Å²) in [5, 5.41) is 9.28. The second-order valence-corrected chi connectivity index (χ2v) is 8.25. The highest BCUT2D eigenvalue weighted by molar-refractivity contribution is 7.85. The van der Waals surface area contributed by atoms with Crippen LogP contribution in [-0.2, 0) is 11.0 Å². The van der Waals surface area contributed by atoms with E-state index in [0.29, 0.717) is 0 Å². The van der Waals surface area contributed by atoms with Gasteiger partial charge in [-0.3, -0.25) is 4.98 Å². The number of hydrogen-bond donors (Lipinski definition) is 0. The molecule has 1 aromatic heterocycles. The van der Waals surface area contributed by atoms with E-state index in [0.717, 1.165) is 18.3 Å². The Bertz CT molecular complexity index is 915. The van der Waals surface area contributed by atoms with Crippen molar-refractivity contribution in [2.24, 2.45) is 4.40 Å². The molecule has 1 aromatic carbocycles. The van der Waals surface area contributed by atoms with E-state index in [-0.39, 0.29) is 22.4 Å². The third-order valence-corrected chi connectivity index (χ3v) is 4.75. The van der Waals surface area contributed by atoms with Crippen LogP contribution in [0.25, 0.3) is 0 Å². The first-order valence-electron chi connectivity index (χ1n) is 7.59. The second-order valence-electron chi connectivity index (χ2n) is 6.35. The summed E-state index contributed by atoms with van der Waals surface area (Å²) < 4.78 is 55.9. The maximum Gasteiger partial charge on any atom is 0.280 e. The molecule has 136 valence electrons. The van der Waals surface area contributed by atoms with Crippen LogP contribution in [0.15, 0.2) is 40.9 Å². The highest BCUT2D eigenvalue weighted by atomic mass is 32.2. The highest BCUT2D eigenvalue weighted by Crippen LogP contribution is 2.23. The molecule has 0 bridgehead atoms. The van der Waals surface area contributed by atoms with Crippen molar-refractivity contribution in [1.29, 1.82) is 5.26 Å². The average molecular weight is 379 g/mol. The summed E-state index contributed by atoms with van der Waals surface area (Å²) in [5.41, 5.74) is -0.538. The van der Waals surface area contributed by atoms with Gasteiger partial charge in [0.2, 0.25) is 0 Å². The summed E-state index contributed by atoms with van der Waals surface area (Å²) in [6, 6.07) is 8.15. The molecule has 0 fully saturated rings. The number of alkyl halides is 2. The average Bonchev–Trinajstić information content (AvgIpc) is 2.58. The van der Waals surface area contributed by atoms with Crippen molar-refractivity contribution in [2.75, 3.05) is 0 Å².